The lowest BCUT2D eigenvalue weighted by molar-refractivity contribution is -0.119. The van der Waals surface area contributed by atoms with Gasteiger partial charge in [-0.05, 0) is 32.4 Å². The van der Waals surface area contributed by atoms with Crippen molar-refractivity contribution >= 4 is 39.4 Å². The SMILES string of the molecule is Cc1nc(C)c(-c2csc(NC(=O)C3CCN(c4ccccc4)C3)n2)s1. The Hall–Kier alpha value is -2.25. The van der Waals surface area contributed by atoms with Crippen LogP contribution in [0.2, 0.25) is 0 Å². The summed E-state index contributed by atoms with van der Waals surface area (Å²) in [7, 11) is 0. The molecule has 134 valence electrons. The minimum Gasteiger partial charge on any atom is -0.371 e. The Kier molecular flexibility index (Phi) is 4.74. The normalized spacial score (nSPS) is 16.8. The van der Waals surface area contributed by atoms with Crippen LogP contribution in [0.3, 0.4) is 0 Å². The molecule has 0 aliphatic carbocycles. The number of rotatable bonds is 4. The van der Waals surface area contributed by atoms with Crippen molar-refractivity contribution in [2.24, 2.45) is 5.92 Å². The van der Waals surface area contributed by atoms with Gasteiger partial charge in [-0.15, -0.1) is 22.7 Å². The molecule has 5 nitrogen and oxygen atoms in total. The van der Waals surface area contributed by atoms with Crippen LogP contribution >= 0.6 is 22.7 Å². The fourth-order valence-corrected chi connectivity index (χ4v) is 4.92. The lowest BCUT2D eigenvalue weighted by Gasteiger charge is -2.18. The first kappa shape index (κ1) is 17.2. The molecule has 0 saturated carbocycles. The van der Waals surface area contributed by atoms with E-state index in [9.17, 15) is 4.79 Å². The lowest BCUT2D eigenvalue weighted by atomic mass is 10.1. The Morgan fingerprint density at radius 1 is 1.23 bits per heavy atom. The van der Waals surface area contributed by atoms with Gasteiger partial charge in [0.05, 0.1) is 27.2 Å². The summed E-state index contributed by atoms with van der Waals surface area (Å²) in [6.45, 7) is 5.65. The Morgan fingerprint density at radius 2 is 2.04 bits per heavy atom. The molecule has 7 heteroatoms. The number of anilines is 2. The van der Waals surface area contributed by atoms with Gasteiger partial charge in [0, 0.05) is 24.2 Å². The van der Waals surface area contributed by atoms with Crippen LogP contribution in [0, 0.1) is 19.8 Å². The summed E-state index contributed by atoms with van der Waals surface area (Å²) in [5.74, 6) is 0.0523. The van der Waals surface area contributed by atoms with Crippen LogP contribution < -0.4 is 10.2 Å². The Balaban J connectivity index is 1.41. The standard InChI is InChI=1S/C19H20N4OS2/c1-12-17(26-13(2)20-12)16-11-25-19(21-16)22-18(24)14-8-9-23(10-14)15-6-4-3-5-7-15/h3-7,11,14H,8-10H2,1-2H3,(H,21,22,24). The maximum Gasteiger partial charge on any atom is 0.231 e. The summed E-state index contributed by atoms with van der Waals surface area (Å²) in [4.78, 5) is 25.0. The number of para-hydroxylation sites is 1. The largest absolute Gasteiger partial charge is 0.371 e. The number of aromatic nitrogens is 2. The van der Waals surface area contributed by atoms with E-state index in [1.54, 1.807) is 11.3 Å². The number of carbonyl (C=O) groups excluding carboxylic acids is 1. The van der Waals surface area contributed by atoms with Crippen molar-refractivity contribution in [1.82, 2.24) is 9.97 Å². The number of hydrogen-bond acceptors (Lipinski definition) is 6. The predicted octanol–water partition coefficient (Wildman–Crippen LogP) is 4.35. The van der Waals surface area contributed by atoms with Crippen molar-refractivity contribution in [3.05, 3.63) is 46.4 Å². The van der Waals surface area contributed by atoms with Crippen LogP contribution in [0.25, 0.3) is 10.6 Å². The van der Waals surface area contributed by atoms with Crippen LogP contribution in [0.5, 0.6) is 0 Å². The average Bonchev–Trinajstić information content (AvgIpc) is 3.35. The van der Waals surface area contributed by atoms with Crippen LogP contribution in [-0.2, 0) is 4.79 Å². The Morgan fingerprint density at radius 3 is 2.77 bits per heavy atom. The summed E-state index contributed by atoms with van der Waals surface area (Å²) in [6.07, 6.45) is 0.867. The average molecular weight is 385 g/mol. The second-order valence-electron chi connectivity index (χ2n) is 6.44. The monoisotopic (exact) mass is 384 g/mol. The second kappa shape index (κ2) is 7.17. The van der Waals surface area contributed by atoms with E-state index < -0.39 is 0 Å². The minimum absolute atomic E-state index is 0.00468. The zero-order valence-electron chi connectivity index (χ0n) is 14.7. The summed E-state index contributed by atoms with van der Waals surface area (Å²) in [5, 5.41) is 6.68. The Labute approximate surface area is 160 Å². The molecule has 2 aromatic heterocycles. The van der Waals surface area contributed by atoms with Crippen molar-refractivity contribution < 1.29 is 4.79 Å². The smallest absolute Gasteiger partial charge is 0.231 e. The van der Waals surface area contributed by atoms with Crippen LogP contribution in [0.4, 0.5) is 10.8 Å². The van der Waals surface area contributed by atoms with Crippen LogP contribution in [0.15, 0.2) is 35.7 Å². The molecule has 0 radical (unpaired) electrons. The highest BCUT2D eigenvalue weighted by Crippen LogP contribution is 2.32. The number of hydrogen-bond donors (Lipinski definition) is 1. The van der Waals surface area contributed by atoms with Crippen molar-refractivity contribution in [3.63, 3.8) is 0 Å². The van der Waals surface area contributed by atoms with Gasteiger partial charge in [0.1, 0.15) is 0 Å². The van der Waals surface area contributed by atoms with Crippen molar-refractivity contribution in [2.75, 3.05) is 23.3 Å². The zero-order valence-corrected chi connectivity index (χ0v) is 16.4. The van der Waals surface area contributed by atoms with Gasteiger partial charge in [0.15, 0.2) is 5.13 Å². The maximum atomic E-state index is 12.6. The van der Waals surface area contributed by atoms with Crippen molar-refractivity contribution in [1.29, 1.82) is 0 Å². The molecule has 0 spiro atoms. The van der Waals surface area contributed by atoms with Gasteiger partial charge in [0.2, 0.25) is 5.91 Å². The molecule has 1 saturated heterocycles. The van der Waals surface area contributed by atoms with E-state index >= 15 is 0 Å². The molecule has 0 bridgehead atoms. The number of nitrogens with one attached hydrogen (secondary N) is 1. The molecule has 1 N–H and O–H groups in total. The summed E-state index contributed by atoms with van der Waals surface area (Å²) < 4.78 is 0. The molecule has 4 rings (SSSR count). The maximum absolute atomic E-state index is 12.6. The number of thiazole rings is 2. The fraction of sp³-hybridized carbons (Fsp3) is 0.316. The van der Waals surface area contributed by atoms with Gasteiger partial charge in [-0.3, -0.25) is 4.79 Å². The highest BCUT2D eigenvalue weighted by atomic mass is 32.1. The second-order valence-corrected chi connectivity index (χ2v) is 8.50. The summed E-state index contributed by atoms with van der Waals surface area (Å²) >= 11 is 3.11. The lowest BCUT2D eigenvalue weighted by Crippen LogP contribution is -2.26. The summed E-state index contributed by atoms with van der Waals surface area (Å²) in [5.41, 5.74) is 3.06. The highest BCUT2D eigenvalue weighted by Gasteiger charge is 2.29. The van der Waals surface area contributed by atoms with Gasteiger partial charge in [-0.1, -0.05) is 18.2 Å². The number of amides is 1. The molecule has 1 aliphatic heterocycles. The third kappa shape index (κ3) is 3.50. The third-order valence-electron chi connectivity index (χ3n) is 4.55. The molecule has 1 fully saturated rings. The van der Waals surface area contributed by atoms with Crippen molar-refractivity contribution in [2.45, 2.75) is 20.3 Å². The van der Waals surface area contributed by atoms with E-state index in [-0.39, 0.29) is 11.8 Å². The minimum atomic E-state index is -0.00468. The first-order valence-corrected chi connectivity index (χ1v) is 10.3. The molecule has 3 heterocycles. The molecular weight excluding hydrogens is 364 g/mol. The molecule has 1 aliphatic rings. The van der Waals surface area contributed by atoms with E-state index in [0.717, 1.165) is 40.8 Å². The van der Waals surface area contributed by atoms with E-state index in [0.29, 0.717) is 5.13 Å². The number of benzene rings is 1. The van der Waals surface area contributed by atoms with Gasteiger partial charge < -0.3 is 10.2 Å². The van der Waals surface area contributed by atoms with Gasteiger partial charge in [-0.2, -0.15) is 0 Å². The quantitative estimate of drug-likeness (QED) is 0.727. The molecule has 3 aromatic rings. The molecule has 1 unspecified atom stereocenters. The molecule has 1 atom stereocenters. The molecular formula is C19H20N4OS2. The van der Waals surface area contributed by atoms with Crippen LogP contribution in [0.1, 0.15) is 17.1 Å². The molecule has 26 heavy (non-hydrogen) atoms. The first-order valence-electron chi connectivity index (χ1n) is 8.61. The highest BCUT2D eigenvalue weighted by molar-refractivity contribution is 7.16. The van der Waals surface area contributed by atoms with E-state index in [1.807, 2.05) is 37.4 Å². The van der Waals surface area contributed by atoms with Gasteiger partial charge >= 0.3 is 0 Å². The Bertz CT molecular complexity index is 919. The number of carbonyl (C=O) groups is 1. The van der Waals surface area contributed by atoms with Gasteiger partial charge in [-0.25, -0.2) is 9.97 Å². The number of nitrogens with zero attached hydrogens (tertiary/aromatic N) is 3. The first-order chi connectivity index (χ1) is 12.6. The molecule has 1 aromatic carbocycles. The topological polar surface area (TPSA) is 58.1 Å². The summed E-state index contributed by atoms with van der Waals surface area (Å²) in [6, 6.07) is 10.3. The van der Waals surface area contributed by atoms with Crippen LogP contribution in [-0.4, -0.2) is 29.0 Å². The predicted molar refractivity (Wildman–Crippen MR) is 108 cm³/mol. The fourth-order valence-electron chi connectivity index (χ4n) is 3.26. The zero-order chi connectivity index (χ0) is 18.1. The number of aryl methyl sites for hydroxylation is 2. The van der Waals surface area contributed by atoms with Crippen molar-refractivity contribution in [3.8, 4) is 10.6 Å². The van der Waals surface area contributed by atoms with E-state index in [4.69, 9.17) is 0 Å². The van der Waals surface area contributed by atoms with E-state index in [2.05, 4.69) is 32.3 Å². The third-order valence-corrected chi connectivity index (χ3v) is 6.40. The molecule has 1 amide bonds. The van der Waals surface area contributed by atoms with E-state index in [1.165, 1.54) is 17.0 Å². The van der Waals surface area contributed by atoms with Gasteiger partial charge in [0.25, 0.3) is 0 Å².